The van der Waals surface area contributed by atoms with Gasteiger partial charge in [-0.05, 0) is 53.5 Å². The van der Waals surface area contributed by atoms with E-state index < -0.39 is 17.4 Å². The highest BCUT2D eigenvalue weighted by Gasteiger charge is 2.34. The van der Waals surface area contributed by atoms with Gasteiger partial charge in [0.1, 0.15) is 5.76 Å². The predicted octanol–water partition coefficient (Wildman–Crippen LogP) is 5.49. The lowest BCUT2D eigenvalue weighted by Crippen LogP contribution is -2.30. The van der Waals surface area contributed by atoms with E-state index in [2.05, 4.69) is 41.3 Å². The molecule has 4 nitrogen and oxygen atoms in total. The first-order chi connectivity index (χ1) is 11.5. The first-order valence-electron chi connectivity index (χ1n) is 6.93. The Kier molecular flexibility index (Phi) is 7.67. The van der Waals surface area contributed by atoms with Crippen LogP contribution >= 0.6 is 31.9 Å². The molecule has 0 saturated heterocycles. The summed E-state index contributed by atoms with van der Waals surface area (Å²) < 4.78 is 45.5. The van der Waals surface area contributed by atoms with Crippen LogP contribution in [0.15, 0.2) is 39.5 Å². The fourth-order valence-electron chi connectivity index (χ4n) is 1.73. The number of rotatable bonds is 3. The van der Waals surface area contributed by atoms with Crippen molar-refractivity contribution >= 4 is 37.8 Å². The number of alkyl halides is 4. The summed E-state index contributed by atoms with van der Waals surface area (Å²) in [5.41, 5.74) is 0.171. The van der Waals surface area contributed by atoms with Gasteiger partial charge in [-0.15, -0.1) is 0 Å². The van der Waals surface area contributed by atoms with E-state index in [4.69, 9.17) is 4.74 Å². The zero-order valence-electron chi connectivity index (χ0n) is 13.7. The molecule has 25 heavy (non-hydrogen) atoms. The van der Waals surface area contributed by atoms with E-state index >= 15 is 0 Å². The highest BCUT2D eigenvalue weighted by Crippen LogP contribution is 2.31. The summed E-state index contributed by atoms with van der Waals surface area (Å²) in [5.74, 6) is -0.943. The summed E-state index contributed by atoms with van der Waals surface area (Å²) in [6.07, 6.45) is -1.03. The van der Waals surface area contributed by atoms with Crippen molar-refractivity contribution in [2.45, 2.75) is 30.8 Å². The number of aromatic nitrogens is 1. The monoisotopic (exact) mass is 485 g/mol. The third-order valence-electron chi connectivity index (χ3n) is 3.20. The number of carbonyl (C=O) groups is 1. The second-order valence-electron chi connectivity index (χ2n) is 5.41. The van der Waals surface area contributed by atoms with E-state index in [0.29, 0.717) is 5.33 Å². The van der Waals surface area contributed by atoms with Gasteiger partial charge >= 0.3 is 12.1 Å². The predicted molar refractivity (Wildman–Crippen MR) is 93.3 cm³/mol. The maximum atomic E-state index is 11.8. The van der Waals surface area contributed by atoms with Crippen molar-refractivity contribution in [3.8, 4) is 0 Å². The molecule has 138 valence electrons. The van der Waals surface area contributed by atoms with Crippen molar-refractivity contribution in [1.82, 2.24) is 4.98 Å². The molecule has 2 aromatic heterocycles. The van der Waals surface area contributed by atoms with E-state index in [9.17, 15) is 18.0 Å². The SMILES string of the molecule is COC(=O)C(C)(C)c1cncc(Br)c1.FC(F)(F)c1ccc(CBr)o1. The van der Waals surface area contributed by atoms with Gasteiger partial charge in [0.05, 0.1) is 17.9 Å². The van der Waals surface area contributed by atoms with Gasteiger partial charge in [-0.25, -0.2) is 0 Å². The molecule has 0 atom stereocenters. The Morgan fingerprint density at radius 2 is 1.92 bits per heavy atom. The molecule has 0 saturated carbocycles. The van der Waals surface area contributed by atoms with Crippen molar-refractivity contribution in [1.29, 1.82) is 0 Å². The van der Waals surface area contributed by atoms with Crippen LogP contribution in [-0.2, 0) is 26.5 Å². The first-order valence-corrected chi connectivity index (χ1v) is 8.85. The molecule has 2 heterocycles. The number of furan rings is 1. The minimum Gasteiger partial charge on any atom is -0.468 e. The molecule has 2 aromatic rings. The average Bonchev–Trinajstić information content (AvgIpc) is 3.04. The molecule has 0 N–H and O–H groups in total. The first kappa shape index (κ1) is 21.7. The number of pyridine rings is 1. The molecule has 0 amide bonds. The van der Waals surface area contributed by atoms with E-state index in [1.54, 1.807) is 12.4 Å². The van der Waals surface area contributed by atoms with Crippen molar-refractivity contribution in [2.24, 2.45) is 0 Å². The Hall–Kier alpha value is -1.35. The minimum atomic E-state index is -4.37. The van der Waals surface area contributed by atoms with Gasteiger partial charge in [0.2, 0.25) is 5.76 Å². The van der Waals surface area contributed by atoms with Gasteiger partial charge in [-0.1, -0.05) is 15.9 Å². The lowest BCUT2D eigenvalue weighted by molar-refractivity contribution is -0.153. The van der Waals surface area contributed by atoms with Gasteiger partial charge in [0.25, 0.3) is 0 Å². The van der Waals surface area contributed by atoms with Crippen LogP contribution < -0.4 is 0 Å². The number of nitrogens with zero attached hydrogens (tertiary/aromatic N) is 1. The Balaban J connectivity index is 0.000000257. The van der Waals surface area contributed by atoms with Crippen LogP contribution in [-0.4, -0.2) is 18.1 Å². The second-order valence-corrected chi connectivity index (χ2v) is 6.88. The number of ether oxygens (including phenoxy) is 1. The molecule has 0 spiro atoms. The Bertz CT molecular complexity index is 715. The molecule has 0 radical (unpaired) electrons. The molecule has 0 aliphatic rings. The Morgan fingerprint density at radius 3 is 2.32 bits per heavy atom. The number of hydrogen-bond acceptors (Lipinski definition) is 4. The number of esters is 1. The number of carbonyl (C=O) groups excluding carboxylic acids is 1. The van der Waals surface area contributed by atoms with Crippen LogP contribution in [0.3, 0.4) is 0 Å². The maximum absolute atomic E-state index is 11.8. The lowest BCUT2D eigenvalue weighted by atomic mass is 9.86. The topological polar surface area (TPSA) is 52.3 Å². The van der Waals surface area contributed by atoms with Gasteiger partial charge in [-0.2, -0.15) is 13.2 Å². The van der Waals surface area contributed by atoms with Crippen molar-refractivity contribution in [3.05, 3.63) is 52.1 Å². The summed E-state index contributed by atoms with van der Waals surface area (Å²) in [6, 6.07) is 4.07. The van der Waals surface area contributed by atoms with E-state index in [-0.39, 0.29) is 11.7 Å². The molecule has 0 bridgehead atoms. The standard InChI is InChI=1S/C10H12BrNO2.C6H4BrF3O/c1-10(2,9(13)14-3)7-4-8(11)6-12-5-7;7-3-4-1-2-5(11-4)6(8,9)10/h4-6H,1-3H3;1-2H,3H2. The molecule has 0 aromatic carbocycles. The smallest absolute Gasteiger partial charge is 0.449 e. The molecule has 9 heteroatoms. The van der Waals surface area contributed by atoms with Crippen LogP contribution in [0.2, 0.25) is 0 Å². The zero-order chi connectivity index (χ0) is 19.3. The third-order valence-corrected chi connectivity index (χ3v) is 4.18. The number of methoxy groups -OCH3 is 1. The highest BCUT2D eigenvalue weighted by atomic mass is 79.9. The van der Waals surface area contributed by atoms with Crippen LogP contribution in [0.4, 0.5) is 13.2 Å². The average molecular weight is 487 g/mol. The number of hydrogen-bond donors (Lipinski definition) is 0. The molecule has 2 rings (SSSR count). The van der Waals surface area contributed by atoms with E-state index in [0.717, 1.165) is 16.1 Å². The second kappa shape index (κ2) is 8.84. The van der Waals surface area contributed by atoms with Crippen molar-refractivity contribution in [3.63, 3.8) is 0 Å². The fraction of sp³-hybridized carbons (Fsp3) is 0.375. The third kappa shape index (κ3) is 6.14. The lowest BCUT2D eigenvalue weighted by Gasteiger charge is -2.21. The summed E-state index contributed by atoms with van der Waals surface area (Å²) in [7, 11) is 1.38. The van der Waals surface area contributed by atoms with Crippen LogP contribution in [0.5, 0.6) is 0 Å². The fourth-order valence-corrected chi connectivity index (χ4v) is 2.39. The molecular weight excluding hydrogens is 471 g/mol. The summed E-state index contributed by atoms with van der Waals surface area (Å²) in [6.45, 7) is 3.62. The molecule has 0 fully saturated rings. The van der Waals surface area contributed by atoms with E-state index in [1.165, 1.54) is 13.2 Å². The zero-order valence-corrected chi connectivity index (χ0v) is 16.8. The summed E-state index contributed by atoms with van der Waals surface area (Å²) in [4.78, 5) is 15.5. The molecule has 0 unspecified atom stereocenters. The summed E-state index contributed by atoms with van der Waals surface area (Å²) in [5, 5.41) is 0.295. The minimum absolute atomic E-state index is 0.266. The van der Waals surface area contributed by atoms with Crippen molar-refractivity contribution < 1.29 is 27.1 Å². The van der Waals surface area contributed by atoms with Crippen LogP contribution in [0.25, 0.3) is 0 Å². The van der Waals surface area contributed by atoms with E-state index in [1.807, 2.05) is 19.9 Å². The van der Waals surface area contributed by atoms with Gasteiger partial charge in [0, 0.05) is 16.9 Å². The molecular formula is C16H16Br2F3NO3. The molecule has 0 aliphatic carbocycles. The normalized spacial score (nSPS) is 11.5. The summed E-state index contributed by atoms with van der Waals surface area (Å²) >= 11 is 6.29. The van der Waals surface area contributed by atoms with Gasteiger partial charge in [-0.3, -0.25) is 9.78 Å². The molecule has 0 aliphatic heterocycles. The van der Waals surface area contributed by atoms with Crippen molar-refractivity contribution in [2.75, 3.05) is 7.11 Å². The van der Waals surface area contributed by atoms with Gasteiger partial charge in [0.15, 0.2) is 0 Å². The van der Waals surface area contributed by atoms with Crippen LogP contribution in [0, 0.1) is 0 Å². The maximum Gasteiger partial charge on any atom is 0.449 e. The number of halogens is 5. The Labute approximate surface area is 160 Å². The Morgan fingerprint density at radius 1 is 1.28 bits per heavy atom. The highest BCUT2D eigenvalue weighted by molar-refractivity contribution is 9.10. The van der Waals surface area contributed by atoms with Gasteiger partial charge < -0.3 is 9.15 Å². The largest absolute Gasteiger partial charge is 0.468 e. The van der Waals surface area contributed by atoms with Crippen LogP contribution in [0.1, 0.15) is 30.9 Å². The quantitative estimate of drug-likeness (QED) is 0.425.